The van der Waals surface area contributed by atoms with E-state index in [2.05, 4.69) is 4.74 Å². The van der Waals surface area contributed by atoms with E-state index in [1.807, 2.05) is 0 Å². The molecule has 0 aromatic carbocycles. The maximum atomic E-state index is 11.1. The number of esters is 1. The van der Waals surface area contributed by atoms with E-state index in [1.165, 1.54) is 13.9 Å². The fraction of sp³-hybridized carbons (Fsp3) is 0.714. The van der Waals surface area contributed by atoms with E-state index in [1.54, 1.807) is 6.92 Å². The first-order chi connectivity index (χ1) is 5.19. The van der Waals surface area contributed by atoms with E-state index in [9.17, 15) is 4.79 Å². The third-order valence-electron chi connectivity index (χ3n) is 1.69. The van der Waals surface area contributed by atoms with Crippen LogP contribution in [0.2, 0.25) is 0 Å². The number of hydrogen-bond acceptors (Lipinski definition) is 4. The van der Waals surface area contributed by atoms with Crippen LogP contribution in [0.1, 0.15) is 13.3 Å². The minimum absolute atomic E-state index is 0.364. The highest BCUT2D eigenvalue weighted by atomic mass is 16.7. The van der Waals surface area contributed by atoms with Gasteiger partial charge in [-0.2, -0.15) is 0 Å². The maximum absolute atomic E-state index is 11.1. The summed E-state index contributed by atoms with van der Waals surface area (Å²) >= 11 is 0. The van der Waals surface area contributed by atoms with E-state index in [4.69, 9.17) is 9.47 Å². The van der Waals surface area contributed by atoms with Gasteiger partial charge in [0.1, 0.15) is 0 Å². The molecule has 1 rings (SSSR count). The summed E-state index contributed by atoms with van der Waals surface area (Å²) in [7, 11) is 1.34. The van der Waals surface area contributed by atoms with Crippen LogP contribution in [0.4, 0.5) is 0 Å². The Morgan fingerprint density at radius 1 is 1.73 bits per heavy atom. The van der Waals surface area contributed by atoms with Gasteiger partial charge < -0.3 is 14.2 Å². The van der Waals surface area contributed by atoms with Crippen molar-refractivity contribution < 1.29 is 19.0 Å². The molecular weight excluding hydrogens is 148 g/mol. The second-order valence-electron chi connectivity index (χ2n) is 2.56. The highest BCUT2D eigenvalue weighted by Gasteiger charge is 2.37. The first-order valence-corrected chi connectivity index (χ1v) is 3.38. The molecule has 1 saturated heterocycles. The van der Waals surface area contributed by atoms with Crippen molar-refractivity contribution in [1.82, 2.24) is 0 Å². The summed E-state index contributed by atoms with van der Waals surface area (Å²) in [5.74, 6) is -0.364. The number of carbonyl (C=O) groups excluding carboxylic acids is 1. The molecule has 1 atom stereocenters. The topological polar surface area (TPSA) is 44.8 Å². The number of ether oxygens (including phenoxy) is 3. The Morgan fingerprint density at radius 3 is 2.91 bits per heavy atom. The van der Waals surface area contributed by atoms with Crippen LogP contribution < -0.4 is 0 Å². The van der Waals surface area contributed by atoms with Crippen LogP contribution in [0.15, 0.2) is 0 Å². The Bertz CT molecular complexity index is 149. The van der Waals surface area contributed by atoms with Gasteiger partial charge in [-0.05, 0) is 6.92 Å². The first-order valence-electron chi connectivity index (χ1n) is 3.38. The number of carbonyl (C=O) groups is 1. The molecule has 0 aromatic heterocycles. The summed E-state index contributed by atoms with van der Waals surface area (Å²) in [5.41, 5.74) is -0.854. The number of methoxy groups -OCH3 is 1. The molecule has 0 aliphatic carbocycles. The molecule has 1 fully saturated rings. The van der Waals surface area contributed by atoms with Gasteiger partial charge in [-0.25, -0.2) is 4.79 Å². The average Bonchev–Trinajstić information content (AvgIpc) is 2.04. The van der Waals surface area contributed by atoms with Crippen molar-refractivity contribution in [3.05, 3.63) is 6.79 Å². The van der Waals surface area contributed by atoms with Crippen molar-refractivity contribution in [1.29, 1.82) is 0 Å². The van der Waals surface area contributed by atoms with Crippen molar-refractivity contribution in [3.8, 4) is 0 Å². The highest BCUT2D eigenvalue weighted by molar-refractivity contribution is 5.79. The van der Waals surface area contributed by atoms with Gasteiger partial charge in [0, 0.05) is 6.42 Å². The van der Waals surface area contributed by atoms with Crippen LogP contribution >= 0.6 is 0 Å². The van der Waals surface area contributed by atoms with Gasteiger partial charge in [-0.1, -0.05) is 0 Å². The molecule has 0 N–H and O–H groups in total. The maximum Gasteiger partial charge on any atom is 0.338 e. The van der Waals surface area contributed by atoms with Gasteiger partial charge in [-0.15, -0.1) is 0 Å². The Balaban J connectivity index is 2.56. The third-order valence-corrected chi connectivity index (χ3v) is 1.69. The molecule has 1 aliphatic rings. The van der Waals surface area contributed by atoms with Crippen LogP contribution in [0, 0.1) is 6.79 Å². The predicted octanol–water partition coefficient (Wildman–Crippen LogP) is 0.474. The summed E-state index contributed by atoms with van der Waals surface area (Å²) in [6, 6.07) is 0. The number of hydrogen-bond donors (Lipinski definition) is 0. The van der Waals surface area contributed by atoms with Crippen molar-refractivity contribution in [2.24, 2.45) is 0 Å². The molecule has 0 amide bonds. The smallest absolute Gasteiger partial charge is 0.338 e. The van der Waals surface area contributed by atoms with Crippen molar-refractivity contribution in [2.75, 3.05) is 13.7 Å². The fourth-order valence-corrected chi connectivity index (χ4v) is 0.867. The molecule has 1 radical (unpaired) electrons. The van der Waals surface area contributed by atoms with Gasteiger partial charge in [0.05, 0.1) is 13.7 Å². The Kier molecular flexibility index (Phi) is 2.46. The second-order valence-corrected chi connectivity index (χ2v) is 2.56. The fourth-order valence-electron chi connectivity index (χ4n) is 0.867. The quantitative estimate of drug-likeness (QED) is 0.522. The van der Waals surface area contributed by atoms with Crippen LogP contribution in [-0.4, -0.2) is 25.3 Å². The zero-order valence-electron chi connectivity index (χ0n) is 6.62. The molecular formula is C7H11O4. The lowest BCUT2D eigenvalue weighted by molar-refractivity contribution is -0.185. The lowest BCUT2D eigenvalue weighted by Gasteiger charge is -2.29. The molecule has 1 aliphatic heterocycles. The lowest BCUT2D eigenvalue weighted by Crippen LogP contribution is -2.42. The van der Waals surface area contributed by atoms with Crippen LogP contribution in [-0.2, 0) is 19.0 Å². The van der Waals surface area contributed by atoms with Crippen molar-refractivity contribution in [2.45, 2.75) is 18.9 Å². The summed E-state index contributed by atoms with van der Waals surface area (Å²) in [5, 5.41) is 0. The lowest BCUT2D eigenvalue weighted by atomic mass is 10.0. The highest BCUT2D eigenvalue weighted by Crippen LogP contribution is 2.22. The molecule has 1 heterocycles. The second kappa shape index (κ2) is 3.19. The molecule has 63 valence electrons. The third kappa shape index (κ3) is 1.70. The van der Waals surface area contributed by atoms with Gasteiger partial charge in [0.15, 0.2) is 5.60 Å². The molecule has 0 aromatic rings. The van der Waals surface area contributed by atoms with Gasteiger partial charge >= 0.3 is 5.97 Å². The van der Waals surface area contributed by atoms with Gasteiger partial charge in [0.2, 0.25) is 6.79 Å². The zero-order chi connectivity index (χ0) is 8.32. The Labute approximate surface area is 65.4 Å². The summed E-state index contributed by atoms with van der Waals surface area (Å²) in [6.07, 6.45) is 0.524. The van der Waals surface area contributed by atoms with E-state index in [-0.39, 0.29) is 5.97 Å². The SMILES string of the molecule is COC(=O)C1(C)CCO[CH]O1. The standard InChI is InChI=1S/C7H11O4/c1-7(6(8)9-2)3-4-10-5-11-7/h5H,3-4H2,1-2H3. The molecule has 0 spiro atoms. The van der Waals surface area contributed by atoms with E-state index in [0.29, 0.717) is 13.0 Å². The van der Waals surface area contributed by atoms with Crippen molar-refractivity contribution >= 4 is 5.97 Å². The average molecular weight is 159 g/mol. The zero-order valence-corrected chi connectivity index (χ0v) is 6.62. The van der Waals surface area contributed by atoms with E-state index >= 15 is 0 Å². The van der Waals surface area contributed by atoms with Crippen LogP contribution in [0.25, 0.3) is 0 Å². The Hall–Kier alpha value is -0.610. The normalized spacial score (nSPS) is 31.5. The van der Waals surface area contributed by atoms with E-state index in [0.717, 1.165) is 0 Å². The van der Waals surface area contributed by atoms with Crippen molar-refractivity contribution in [3.63, 3.8) is 0 Å². The molecule has 11 heavy (non-hydrogen) atoms. The summed E-state index contributed by atoms with van der Waals surface area (Å²) in [4.78, 5) is 11.1. The molecule has 4 heteroatoms. The van der Waals surface area contributed by atoms with Crippen LogP contribution in [0.3, 0.4) is 0 Å². The summed E-state index contributed by atoms with van der Waals surface area (Å²) in [6.45, 7) is 3.35. The monoisotopic (exact) mass is 159 g/mol. The predicted molar refractivity (Wildman–Crippen MR) is 36.4 cm³/mol. The molecule has 0 bridgehead atoms. The number of rotatable bonds is 1. The van der Waals surface area contributed by atoms with Gasteiger partial charge in [0.25, 0.3) is 0 Å². The minimum atomic E-state index is -0.854. The minimum Gasteiger partial charge on any atom is -0.467 e. The molecule has 0 saturated carbocycles. The molecule has 1 unspecified atom stereocenters. The largest absolute Gasteiger partial charge is 0.467 e. The van der Waals surface area contributed by atoms with Crippen LogP contribution in [0.5, 0.6) is 0 Å². The van der Waals surface area contributed by atoms with E-state index < -0.39 is 5.60 Å². The molecule has 4 nitrogen and oxygen atoms in total. The Morgan fingerprint density at radius 2 is 2.45 bits per heavy atom. The van der Waals surface area contributed by atoms with Gasteiger partial charge in [-0.3, -0.25) is 0 Å². The first kappa shape index (κ1) is 8.49. The summed E-state index contributed by atoms with van der Waals surface area (Å²) < 4.78 is 14.4.